The largest absolute Gasteiger partial charge is 0.489 e. The molecule has 0 aliphatic heterocycles. The molecule has 6 rings (SSSR count). The number of nitrogens with zero attached hydrogens (tertiary/aromatic N) is 1. The molecule has 2 aromatic carbocycles. The van der Waals surface area contributed by atoms with E-state index in [1.165, 1.54) is 28.0 Å². The van der Waals surface area contributed by atoms with Crippen LogP contribution in [-0.2, 0) is 27.4 Å². The number of carbonyl (C=O) groups excluding carboxylic acids is 2. The third kappa shape index (κ3) is 6.58. The van der Waals surface area contributed by atoms with Gasteiger partial charge in [0.25, 0.3) is 0 Å². The summed E-state index contributed by atoms with van der Waals surface area (Å²) in [6.07, 6.45) is 10.5. The van der Waals surface area contributed by atoms with Gasteiger partial charge in [-0.2, -0.15) is 0 Å². The summed E-state index contributed by atoms with van der Waals surface area (Å²) >= 11 is 1.51. The van der Waals surface area contributed by atoms with Crippen LogP contribution < -0.4 is 10.1 Å². The van der Waals surface area contributed by atoms with Gasteiger partial charge in [-0.25, -0.2) is 4.98 Å². The lowest BCUT2D eigenvalue weighted by Gasteiger charge is -2.51. The molecule has 0 spiro atoms. The Morgan fingerprint density at radius 3 is 2.73 bits per heavy atom. The highest BCUT2D eigenvalue weighted by molar-refractivity contribution is 7.15. The Balaban J connectivity index is 1.19. The van der Waals surface area contributed by atoms with Crippen molar-refractivity contribution in [3.8, 4) is 5.75 Å². The highest BCUT2D eigenvalue weighted by Crippen LogP contribution is 2.64. The molecular formula is C37H46N2O4S. The molecule has 3 aliphatic rings. The molecule has 0 bridgehead atoms. The molecule has 1 aromatic heterocycles. The van der Waals surface area contributed by atoms with Gasteiger partial charge in [-0.3, -0.25) is 9.59 Å². The van der Waals surface area contributed by atoms with Gasteiger partial charge in [0.2, 0.25) is 5.91 Å². The van der Waals surface area contributed by atoms with Crippen LogP contribution in [0, 0.1) is 30.1 Å². The maximum absolute atomic E-state index is 13.0. The monoisotopic (exact) mass is 614 g/mol. The van der Waals surface area contributed by atoms with Crippen LogP contribution in [0.25, 0.3) is 0 Å². The van der Waals surface area contributed by atoms with E-state index < -0.39 is 0 Å². The van der Waals surface area contributed by atoms with Crippen molar-refractivity contribution in [1.29, 1.82) is 0 Å². The lowest BCUT2D eigenvalue weighted by molar-refractivity contribution is -0.157. The number of aryl methyl sites for hydroxylation is 2. The zero-order chi connectivity index (χ0) is 30.7. The van der Waals surface area contributed by atoms with Crippen molar-refractivity contribution >= 4 is 28.3 Å². The minimum Gasteiger partial charge on any atom is -0.489 e. The molecule has 234 valence electrons. The quantitative estimate of drug-likeness (QED) is 0.219. The molecule has 1 N–H and O–H groups in total. The van der Waals surface area contributed by atoms with Crippen LogP contribution in [0.2, 0.25) is 0 Å². The van der Waals surface area contributed by atoms with Gasteiger partial charge in [-0.1, -0.05) is 56.7 Å². The summed E-state index contributed by atoms with van der Waals surface area (Å²) in [6.45, 7) is 7.05. The lowest BCUT2D eigenvalue weighted by Crippen LogP contribution is -2.46. The summed E-state index contributed by atoms with van der Waals surface area (Å²) in [7, 11) is 0. The molecule has 6 atom stereocenters. The Morgan fingerprint density at radius 2 is 1.95 bits per heavy atom. The van der Waals surface area contributed by atoms with Crippen molar-refractivity contribution in [1.82, 2.24) is 4.98 Å². The molecule has 1 heterocycles. The predicted molar refractivity (Wildman–Crippen MR) is 175 cm³/mol. The van der Waals surface area contributed by atoms with Gasteiger partial charge in [0, 0.05) is 29.3 Å². The third-order valence-corrected chi connectivity index (χ3v) is 11.4. The van der Waals surface area contributed by atoms with Crippen molar-refractivity contribution in [2.75, 3.05) is 5.32 Å². The van der Waals surface area contributed by atoms with E-state index in [0.717, 1.165) is 62.0 Å². The highest BCUT2D eigenvalue weighted by Gasteiger charge is 2.59. The van der Waals surface area contributed by atoms with Crippen molar-refractivity contribution < 1.29 is 19.1 Å². The topological polar surface area (TPSA) is 77.5 Å². The zero-order valence-corrected chi connectivity index (χ0v) is 27.2. The molecule has 2 saturated carbocycles. The van der Waals surface area contributed by atoms with Crippen LogP contribution in [0.1, 0.15) is 99.1 Å². The first-order valence-corrected chi connectivity index (χ1v) is 17.4. The smallest absolute Gasteiger partial charge is 0.306 e. The second-order valence-electron chi connectivity index (χ2n) is 13.5. The SMILES string of the molecule is CCCCC(=O)OC1CC(CCC(=O)Nc2ncc(C)s2)C2C3CCc4cc(OCc5ccccc5)ccc4C3CCC12C. The van der Waals surface area contributed by atoms with Gasteiger partial charge in [0.1, 0.15) is 18.5 Å². The molecule has 3 aromatic rings. The Morgan fingerprint density at radius 1 is 1.11 bits per heavy atom. The molecular weight excluding hydrogens is 568 g/mol. The maximum Gasteiger partial charge on any atom is 0.306 e. The molecule has 0 radical (unpaired) electrons. The van der Waals surface area contributed by atoms with Crippen LogP contribution in [-0.4, -0.2) is 23.0 Å². The molecule has 0 saturated heterocycles. The Labute approximate surface area is 266 Å². The summed E-state index contributed by atoms with van der Waals surface area (Å²) in [6, 6.07) is 17.0. The maximum atomic E-state index is 13.0. The van der Waals surface area contributed by atoms with Crippen molar-refractivity contribution in [2.24, 2.45) is 23.2 Å². The van der Waals surface area contributed by atoms with Crippen LogP contribution >= 0.6 is 11.3 Å². The Bertz CT molecular complexity index is 1450. The second-order valence-corrected chi connectivity index (χ2v) is 14.7. The number of esters is 1. The molecule has 44 heavy (non-hydrogen) atoms. The second kappa shape index (κ2) is 13.4. The molecule has 2 fully saturated rings. The van der Waals surface area contributed by atoms with Gasteiger partial charge in [0.15, 0.2) is 5.13 Å². The van der Waals surface area contributed by atoms with Gasteiger partial charge in [0.05, 0.1) is 0 Å². The van der Waals surface area contributed by atoms with Crippen molar-refractivity contribution in [3.05, 3.63) is 76.3 Å². The number of carbonyl (C=O) groups is 2. The molecule has 1 amide bonds. The fraction of sp³-hybridized carbons (Fsp3) is 0.541. The summed E-state index contributed by atoms with van der Waals surface area (Å²) < 4.78 is 12.5. The van der Waals surface area contributed by atoms with Gasteiger partial charge in [-0.15, -0.1) is 11.3 Å². The van der Waals surface area contributed by atoms with Crippen LogP contribution in [0.15, 0.2) is 54.7 Å². The van der Waals surface area contributed by atoms with Crippen molar-refractivity contribution in [3.63, 3.8) is 0 Å². The number of benzene rings is 2. The number of hydrogen-bond donors (Lipinski definition) is 1. The summed E-state index contributed by atoms with van der Waals surface area (Å²) in [5.41, 5.74) is 3.99. The average Bonchev–Trinajstić information content (AvgIpc) is 3.57. The number of ether oxygens (including phenoxy) is 2. The first kappa shape index (κ1) is 30.8. The average molecular weight is 615 g/mol. The fourth-order valence-corrected chi connectivity index (χ4v) is 9.23. The van der Waals surface area contributed by atoms with Crippen LogP contribution in [0.5, 0.6) is 5.75 Å². The van der Waals surface area contributed by atoms with Gasteiger partial charge < -0.3 is 14.8 Å². The molecule has 6 nitrogen and oxygen atoms in total. The standard InChI is InChI=1S/C37H46N2O4S/c1-4-5-11-34(41)43-32-21-27(13-17-33(40)39-36-38-22-24(2)44-36)35-31-15-12-26-20-28(42-23-25-9-7-6-8-10-25)14-16-29(26)30(31)18-19-37(32,35)3/h6-10,14,16,20,22,27,30-32,35H,4-5,11-13,15,17-19,21,23H2,1-3H3,(H,38,39,40). The highest BCUT2D eigenvalue weighted by atomic mass is 32.1. The zero-order valence-electron chi connectivity index (χ0n) is 26.3. The number of nitrogens with one attached hydrogen (secondary N) is 1. The number of unbranched alkanes of at least 4 members (excludes halogenated alkanes) is 1. The summed E-state index contributed by atoms with van der Waals surface area (Å²) in [4.78, 5) is 31.2. The van der Waals surface area contributed by atoms with Crippen LogP contribution in [0.3, 0.4) is 0 Å². The van der Waals surface area contributed by atoms with E-state index >= 15 is 0 Å². The Kier molecular flexibility index (Phi) is 9.41. The number of hydrogen-bond acceptors (Lipinski definition) is 6. The number of anilines is 1. The van der Waals surface area contributed by atoms with Gasteiger partial charge in [-0.05, 0) is 104 Å². The lowest BCUT2D eigenvalue weighted by atomic mass is 9.53. The van der Waals surface area contributed by atoms with E-state index in [4.69, 9.17) is 9.47 Å². The van der Waals surface area contributed by atoms with Gasteiger partial charge >= 0.3 is 5.97 Å². The fourth-order valence-electron chi connectivity index (χ4n) is 8.55. The minimum atomic E-state index is -0.0809. The number of rotatable bonds is 11. The van der Waals surface area contributed by atoms with E-state index in [1.54, 1.807) is 6.20 Å². The third-order valence-electron chi connectivity index (χ3n) is 10.6. The van der Waals surface area contributed by atoms with E-state index in [1.807, 2.05) is 25.1 Å². The Hall–Kier alpha value is -3.19. The molecule has 7 heteroatoms. The normalized spacial score (nSPS) is 27.1. The molecule has 3 aliphatic carbocycles. The first-order valence-electron chi connectivity index (χ1n) is 16.6. The first-order chi connectivity index (χ1) is 21.3. The number of fused-ring (bicyclic) bond motifs is 5. The summed E-state index contributed by atoms with van der Waals surface area (Å²) in [5.74, 6) is 2.67. The van der Waals surface area contributed by atoms with E-state index in [2.05, 4.69) is 54.5 Å². The summed E-state index contributed by atoms with van der Waals surface area (Å²) in [5, 5.41) is 3.67. The van der Waals surface area contributed by atoms with E-state index in [-0.39, 0.29) is 23.4 Å². The van der Waals surface area contributed by atoms with E-state index in [0.29, 0.717) is 48.3 Å². The van der Waals surface area contributed by atoms with E-state index in [9.17, 15) is 9.59 Å². The minimum absolute atomic E-state index is 0.0221. The predicted octanol–water partition coefficient (Wildman–Crippen LogP) is 8.63. The number of aromatic nitrogens is 1. The number of amides is 1. The van der Waals surface area contributed by atoms with Crippen molar-refractivity contribution in [2.45, 2.75) is 104 Å². The van der Waals surface area contributed by atoms with Crippen LogP contribution in [0.4, 0.5) is 5.13 Å². The number of thiazole rings is 1. The molecule has 6 unspecified atom stereocenters.